The highest BCUT2D eigenvalue weighted by atomic mass is 35.5. The third-order valence-corrected chi connectivity index (χ3v) is 2.13. The molecule has 0 amide bonds. The first-order valence-corrected chi connectivity index (χ1v) is 3.93. The van der Waals surface area contributed by atoms with E-state index in [-0.39, 0.29) is 10.8 Å². The van der Waals surface area contributed by atoms with Crippen LogP contribution < -0.4 is 0 Å². The number of alkyl halides is 3. The molecule has 10 heavy (non-hydrogen) atoms. The van der Waals surface area contributed by atoms with E-state index in [1.54, 1.807) is 0 Å². The molecule has 0 unspecified atom stereocenters. The van der Waals surface area contributed by atoms with Crippen molar-refractivity contribution in [2.24, 2.45) is 0 Å². The Balaban J connectivity index is 2.90. The third-order valence-electron chi connectivity index (χ3n) is 0.997. The molecule has 0 atom stereocenters. The molecule has 0 saturated carbocycles. The Morgan fingerprint density at radius 2 is 2.40 bits per heavy atom. The quantitative estimate of drug-likeness (QED) is 0.643. The average molecular weight is 184 g/mol. The summed E-state index contributed by atoms with van der Waals surface area (Å²) in [4.78, 5) is 3.64. The van der Waals surface area contributed by atoms with Gasteiger partial charge in [0, 0.05) is 0 Å². The Hall–Kier alpha value is -0.220. The molecule has 5 heteroatoms. The molecule has 1 rings (SSSR count). The number of hydrogen-bond acceptors (Lipinski definition) is 2. The van der Waals surface area contributed by atoms with Crippen molar-refractivity contribution in [3.8, 4) is 0 Å². The molecule has 0 spiro atoms. The molecule has 1 aromatic rings. The Kier molecular flexibility index (Phi) is 2.56. The first kappa shape index (κ1) is 7.88. The highest BCUT2D eigenvalue weighted by Gasteiger charge is 2.14. The topological polar surface area (TPSA) is 12.9 Å². The number of nitrogens with zero attached hydrogens (tertiary/aromatic N) is 1. The molecule has 0 N–H and O–H groups in total. The van der Waals surface area contributed by atoms with Crippen LogP contribution in [-0.4, -0.2) is 4.98 Å². The van der Waals surface area contributed by atoms with Crippen molar-refractivity contribution in [1.82, 2.24) is 4.98 Å². The molecule has 1 heterocycles. The van der Waals surface area contributed by atoms with Crippen LogP contribution in [0.4, 0.5) is 8.78 Å². The van der Waals surface area contributed by atoms with Crippen LogP contribution in [0.1, 0.15) is 17.0 Å². The van der Waals surface area contributed by atoms with Gasteiger partial charge in [0.05, 0.1) is 22.0 Å². The number of hydrogen-bond donors (Lipinski definition) is 0. The lowest BCUT2D eigenvalue weighted by atomic mass is 10.4. The van der Waals surface area contributed by atoms with E-state index in [0.29, 0.717) is 5.69 Å². The van der Waals surface area contributed by atoms with Gasteiger partial charge in [0.1, 0.15) is 0 Å². The van der Waals surface area contributed by atoms with E-state index in [1.165, 1.54) is 5.51 Å². The first-order chi connectivity index (χ1) is 4.75. The van der Waals surface area contributed by atoms with Gasteiger partial charge in [-0.1, -0.05) is 0 Å². The maximum Gasteiger partial charge on any atom is 0.274 e. The minimum absolute atomic E-state index is 0.0185. The summed E-state index contributed by atoms with van der Waals surface area (Å²) in [5.74, 6) is 0.0587. The number of thiazole rings is 1. The maximum absolute atomic E-state index is 12.0. The molecule has 0 bridgehead atoms. The summed E-state index contributed by atoms with van der Waals surface area (Å²) in [7, 11) is 0. The van der Waals surface area contributed by atoms with Gasteiger partial charge in [-0.3, -0.25) is 0 Å². The Labute approximate surface area is 65.7 Å². The Bertz CT molecular complexity index is 213. The van der Waals surface area contributed by atoms with Crippen molar-refractivity contribution >= 4 is 22.9 Å². The standard InChI is InChI=1S/C5H4ClF2NS/c6-1-3-4(5(7)8)10-2-9-3/h2,5H,1H2. The molecule has 0 aliphatic carbocycles. The van der Waals surface area contributed by atoms with Crippen molar-refractivity contribution in [1.29, 1.82) is 0 Å². The van der Waals surface area contributed by atoms with Crippen LogP contribution in [0.3, 0.4) is 0 Å². The van der Waals surface area contributed by atoms with Gasteiger partial charge in [0.15, 0.2) is 0 Å². The van der Waals surface area contributed by atoms with E-state index in [4.69, 9.17) is 11.6 Å². The highest BCUT2D eigenvalue weighted by Crippen LogP contribution is 2.26. The SMILES string of the molecule is FC(F)c1scnc1CCl. The summed E-state index contributed by atoms with van der Waals surface area (Å²) in [6.45, 7) is 0. The van der Waals surface area contributed by atoms with Crippen LogP contribution in [-0.2, 0) is 5.88 Å². The molecule has 1 nitrogen and oxygen atoms in total. The van der Waals surface area contributed by atoms with E-state index < -0.39 is 6.43 Å². The largest absolute Gasteiger partial charge is 0.274 e. The third kappa shape index (κ3) is 1.44. The molecule has 0 aliphatic rings. The summed E-state index contributed by atoms with van der Waals surface area (Å²) < 4.78 is 23.9. The summed E-state index contributed by atoms with van der Waals surface area (Å²) in [5, 5.41) is 0. The fraction of sp³-hybridized carbons (Fsp3) is 0.400. The molecular formula is C5H4ClF2NS. The van der Waals surface area contributed by atoms with E-state index in [2.05, 4.69) is 4.98 Å². The summed E-state index contributed by atoms with van der Waals surface area (Å²) in [5.41, 5.74) is 1.67. The summed E-state index contributed by atoms with van der Waals surface area (Å²) in [6, 6.07) is 0. The molecule has 0 fully saturated rings. The summed E-state index contributed by atoms with van der Waals surface area (Å²) in [6.07, 6.45) is -2.44. The predicted molar refractivity (Wildman–Crippen MR) is 36.6 cm³/mol. The van der Waals surface area contributed by atoms with Gasteiger partial charge >= 0.3 is 0 Å². The van der Waals surface area contributed by atoms with E-state index in [0.717, 1.165) is 11.3 Å². The summed E-state index contributed by atoms with van der Waals surface area (Å²) >= 11 is 6.26. The second kappa shape index (κ2) is 3.25. The zero-order valence-corrected chi connectivity index (χ0v) is 6.42. The minimum Gasteiger partial charge on any atom is -0.248 e. The lowest BCUT2D eigenvalue weighted by Gasteiger charge is -1.94. The molecule has 0 aromatic carbocycles. The highest BCUT2D eigenvalue weighted by molar-refractivity contribution is 7.09. The van der Waals surface area contributed by atoms with Gasteiger partial charge in [-0.15, -0.1) is 22.9 Å². The maximum atomic E-state index is 12.0. The van der Waals surface area contributed by atoms with Gasteiger partial charge in [-0.05, 0) is 0 Å². The van der Waals surface area contributed by atoms with Crippen molar-refractivity contribution in [3.63, 3.8) is 0 Å². The van der Waals surface area contributed by atoms with E-state index in [1.807, 2.05) is 0 Å². The number of rotatable bonds is 2. The second-order valence-corrected chi connectivity index (χ2v) is 2.75. The number of aromatic nitrogens is 1. The van der Waals surface area contributed by atoms with Gasteiger partial charge in [-0.25, -0.2) is 13.8 Å². The number of halogens is 3. The van der Waals surface area contributed by atoms with Gasteiger partial charge in [-0.2, -0.15) is 0 Å². The van der Waals surface area contributed by atoms with Crippen molar-refractivity contribution in [2.75, 3.05) is 0 Å². The normalized spacial score (nSPS) is 10.8. The van der Waals surface area contributed by atoms with E-state index in [9.17, 15) is 8.78 Å². The van der Waals surface area contributed by atoms with Gasteiger partial charge in [0.25, 0.3) is 6.43 Å². The van der Waals surface area contributed by atoms with Crippen molar-refractivity contribution in [3.05, 3.63) is 16.1 Å². The van der Waals surface area contributed by atoms with Crippen LogP contribution in [0.2, 0.25) is 0 Å². The molecule has 0 aliphatic heterocycles. The van der Waals surface area contributed by atoms with Crippen molar-refractivity contribution < 1.29 is 8.78 Å². The Morgan fingerprint density at radius 3 is 2.80 bits per heavy atom. The molecule has 0 radical (unpaired) electrons. The zero-order valence-electron chi connectivity index (χ0n) is 4.85. The van der Waals surface area contributed by atoms with Crippen LogP contribution >= 0.6 is 22.9 Å². The lowest BCUT2D eigenvalue weighted by molar-refractivity contribution is 0.154. The molecule has 56 valence electrons. The molecular weight excluding hydrogens is 180 g/mol. The smallest absolute Gasteiger partial charge is 0.248 e. The van der Waals surface area contributed by atoms with Crippen LogP contribution in [0.25, 0.3) is 0 Å². The van der Waals surface area contributed by atoms with Crippen LogP contribution in [0.5, 0.6) is 0 Å². The predicted octanol–water partition coefficient (Wildman–Crippen LogP) is 2.82. The van der Waals surface area contributed by atoms with Gasteiger partial charge < -0.3 is 0 Å². The molecule has 1 aromatic heterocycles. The molecule has 0 saturated heterocycles. The fourth-order valence-electron chi connectivity index (χ4n) is 0.556. The fourth-order valence-corrected chi connectivity index (χ4v) is 1.51. The van der Waals surface area contributed by atoms with Crippen LogP contribution in [0.15, 0.2) is 5.51 Å². The average Bonchev–Trinajstić information content (AvgIpc) is 2.33. The zero-order chi connectivity index (χ0) is 7.56. The first-order valence-electron chi connectivity index (χ1n) is 2.52. The monoisotopic (exact) mass is 183 g/mol. The van der Waals surface area contributed by atoms with Gasteiger partial charge in [0.2, 0.25) is 0 Å². The van der Waals surface area contributed by atoms with E-state index >= 15 is 0 Å². The Morgan fingerprint density at radius 1 is 1.70 bits per heavy atom. The van der Waals surface area contributed by atoms with Crippen LogP contribution in [0, 0.1) is 0 Å². The van der Waals surface area contributed by atoms with Crippen molar-refractivity contribution in [2.45, 2.75) is 12.3 Å². The lowest BCUT2D eigenvalue weighted by Crippen LogP contribution is -1.85. The second-order valence-electron chi connectivity index (χ2n) is 1.60. The minimum atomic E-state index is -2.44.